The Balaban J connectivity index is 1.40. The smallest absolute Gasteiger partial charge is 0.410 e. The standard InChI is InChI=1S/C23H34N2O5/c1-25(18-6-4-3-5-7-18)23(28)30-19-11-9-17(10-12-19)22(27)24-15-16-8-13-20(26)21(14-16)29-2/h8,13-14,17-19,26H,3-7,9-12,15H2,1-2H3,(H,24,27). The predicted octanol–water partition coefficient (Wildman–Crippen LogP) is 3.98. The summed E-state index contributed by atoms with van der Waals surface area (Å²) in [6.07, 6.45) is 8.28. The summed E-state index contributed by atoms with van der Waals surface area (Å²) in [5, 5.41) is 12.6. The van der Waals surface area contributed by atoms with Crippen LogP contribution in [0.25, 0.3) is 0 Å². The average Bonchev–Trinajstić information content (AvgIpc) is 2.78. The lowest BCUT2D eigenvalue weighted by atomic mass is 9.86. The summed E-state index contributed by atoms with van der Waals surface area (Å²) in [7, 11) is 3.34. The molecular formula is C23H34N2O5. The maximum absolute atomic E-state index is 12.5. The third-order valence-electron chi connectivity index (χ3n) is 6.43. The van der Waals surface area contributed by atoms with Gasteiger partial charge in [0.05, 0.1) is 7.11 Å². The zero-order chi connectivity index (χ0) is 21.5. The minimum absolute atomic E-state index is 0.0196. The fraction of sp³-hybridized carbons (Fsp3) is 0.652. The van der Waals surface area contributed by atoms with Gasteiger partial charge >= 0.3 is 6.09 Å². The SMILES string of the molecule is COc1cc(CNC(=O)C2CCC(OC(=O)N(C)C3CCCCC3)CC2)ccc1O. The maximum atomic E-state index is 12.5. The zero-order valence-electron chi connectivity index (χ0n) is 18.1. The second-order valence-corrected chi connectivity index (χ2v) is 8.48. The summed E-state index contributed by atoms with van der Waals surface area (Å²) in [4.78, 5) is 26.8. The van der Waals surface area contributed by atoms with Crippen molar-refractivity contribution in [3.63, 3.8) is 0 Å². The van der Waals surface area contributed by atoms with Gasteiger partial charge in [-0.2, -0.15) is 0 Å². The van der Waals surface area contributed by atoms with Gasteiger partial charge in [-0.3, -0.25) is 4.79 Å². The number of carbonyl (C=O) groups excluding carboxylic acids is 2. The number of amides is 2. The lowest BCUT2D eigenvalue weighted by Gasteiger charge is -2.33. The van der Waals surface area contributed by atoms with Gasteiger partial charge in [0, 0.05) is 25.6 Å². The number of hydrogen-bond acceptors (Lipinski definition) is 5. The van der Waals surface area contributed by atoms with Crippen LogP contribution in [0.2, 0.25) is 0 Å². The van der Waals surface area contributed by atoms with Crippen molar-refractivity contribution in [2.24, 2.45) is 5.92 Å². The molecule has 2 aliphatic carbocycles. The van der Waals surface area contributed by atoms with E-state index in [4.69, 9.17) is 9.47 Å². The van der Waals surface area contributed by atoms with Crippen LogP contribution in [0.15, 0.2) is 18.2 Å². The molecular weight excluding hydrogens is 384 g/mol. The first-order valence-electron chi connectivity index (χ1n) is 11.0. The van der Waals surface area contributed by atoms with Crippen molar-refractivity contribution in [2.75, 3.05) is 14.2 Å². The fourth-order valence-corrected chi connectivity index (χ4v) is 4.45. The molecule has 2 amide bonds. The Morgan fingerprint density at radius 1 is 1.10 bits per heavy atom. The second kappa shape index (κ2) is 10.5. The van der Waals surface area contributed by atoms with Crippen LogP contribution in [0.3, 0.4) is 0 Å². The minimum Gasteiger partial charge on any atom is -0.504 e. The molecule has 0 radical (unpaired) electrons. The van der Waals surface area contributed by atoms with E-state index < -0.39 is 0 Å². The van der Waals surface area contributed by atoms with Crippen LogP contribution >= 0.6 is 0 Å². The molecule has 1 aromatic rings. The molecule has 0 aromatic heterocycles. The van der Waals surface area contributed by atoms with Crippen molar-refractivity contribution in [2.45, 2.75) is 76.5 Å². The molecule has 0 atom stereocenters. The zero-order valence-corrected chi connectivity index (χ0v) is 18.1. The van der Waals surface area contributed by atoms with Crippen molar-refractivity contribution >= 4 is 12.0 Å². The number of phenols is 1. The van der Waals surface area contributed by atoms with Crippen LogP contribution in [-0.2, 0) is 16.1 Å². The fourth-order valence-electron chi connectivity index (χ4n) is 4.45. The Labute approximate surface area is 178 Å². The van der Waals surface area contributed by atoms with E-state index in [1.54, 1.807) is 23.1 Å². The summed E-state index contributed by atoms with van der Waals surface area (Å²) in [6.45, 7) is 0.385. The molecule has 0 heterocycles. The molecule has 3 rings (SSSR count). The highest BCUT2D eigenvalue weighted by atomic mass is 16.6. The van der Waals surface area contributed by atoms with Crippen LogP contribution in [0.5, 0.6) is 11.5 Å². The van der Waals surface area contributed by atoms with Crippen molar-refractivity contribution in [3.8, 4) is 11.5 Å². The largest absolute Gasteiger partial charge is 0.504 e. The number of benzene rings is 1. The molecule has 7 nitrogen and oxygen atoms in total. The second-order valence-electron chi connectivity index (χ2n) is 8.48. The number of ether oxygens (including phenoxy) is 2. The van der Waals surface area contributed by atoms with Gasteiger partial charge in [0.2, 0.25) is 5.91 Å². The molecule has 2 aliphatic rings. The minimum atomic E-state index is -0.226. The van der Waals surface area contributed by atoms with Crippen molar-refractivity contribution in [1.82, 2.24) is 10.2 Å². The monoisotopic (exact) mass is 418 g/mol. The number of phenolic OH excluding ortho intramolecular Hbond substituents is 1. The van der Waals surface area contributed by atoms with E-state index in [0.717, 1.165) is 44.1 Å². The van der Waals surface area contributed by atoms with E-state index in [9.17, 15) is 14.7 Å². The first kappa shape index (κ1) is 22.2. The first-order chi connectivity index (χ1) is 14.5. The van der Waals surface area contributed by atoms with Crippen molar-refractivity contribution < 1.29 is 24.2 Å². The van der Waals surface area contributed by atoms with Gasteiger partial charge in [-0.15, -0.1) is 0 Å². The van der Waals surface area contributed by atoms with Gasteiger partial charge < -0.3 is 24.8 Å². The molecule has 2 fully saturated rings. The molecule has 0 saturated heterocycles. The molecule has 0 bridgehead atoms. The van der Waals surface area contributed by atoms with E-state index in [2.05, 4.69) is 5.32 Å². The number of nitrogens with one attached hydrogen (secondary N) is 1. The highest BCUT2D eigenvalue weighted by molar-refractivity contribution is 5.78. The summed E-state index contributed by atoms with van der Waals surface area (Å²) >= 11 is 0. The number of aromatic hydroxyl groups is 1. The molecule has 166 valence electrons. The van der Waals surface area contributed by atoms with Gasteiger partial charge in [0.1, 0.15) is 6.10 Å². The highest BCUT2D eigenvalue weighted by Crippen LogP contribution is 2.29. The Kier molecular flexibility index (Phi) is 7.82. The third-order valence-corrected chi connectivity index (χ3v) is 6.43. The Morgan fingerprint density at radius 2 is 1.80 bits per heavy atom. The number of methoxy groups -OCH3 is 1. The van der Waals surface area contributed by atoms with E-state index >= 15 is 0 Å². The maximum Gasteiger partial charge on any atom is 0.410 e. The van der Waals surface area contributed by atoms with Crippen LogP contribution in [0, 0.1) is 5.92 Å². The average molecular weight is 419 g/mol. The van der Waals surface area contributed by atoms with Crippen molar-refractivity contribution in [1.29, 1.82) is 0 Å². The normalized spacial score (nSPS) is 22.2. The van der Waals surface area contributed by atoms with Gasteiger partial charge in [-0.1, -0.05) is 25.3 Å². The topological polar surface area (TPSA) is 88.1 Å². The number of carbonyl (C=O) groups is 2. The predicted molar refractivity (Wildman–Crippen MR) is 113 cm³/mol. The summed E-state index contributed by atoms with van der Waals surface area (Å²) in [5.74, 6) is 0.429. The molecule has 30 heavy (non-hydrogen) atoms. The lowest BCUT2D eigenvalue weighted by molar-refractivity contribution is -0.126. The highest BCUT2D eigenvalue weighted by Gasteiger charge is 2.30. The van der Waals surface area contributed by atoms with Gasteiger partial charge in [0.25, 0.3) is 0 Å². The van der Waals surface area contributed by atoms with E-state index in [1.807, 2.05) is 7.05 Å². The van der Waals surface area contributed by atoms with Crippen molar-refractivity contribution in [3.05, 3.63) is 23.8 Å². The first-order valence-corrected chi connectivity index (χ1v) is 11.0. The number of hydrogen-bond donors (Lipinski definition) is 2. The van der Waals surface area contributed by atoms with E-state index in [1.165, 1.54) is 26.4 Å². The summed E-state index contributed by atoms with van der Waals surface area (Å²) in [5.41, 5.74) is 0.867. The van der Waals surface area contributed by atoms with Crippen LogP contribution in [-0.4, -0.2) is 48.3 Å². The number of nitrogens with zero attached hydrogens (tertiary/aromatic N) is 1. The Hall–Kier alpha value is -2.44. The summed E-state index contributed by atoms with van der Waals surface area (Å²) in [6, 6.07) is 5.34. The van der Waals surface area contributed by atoms with E-state index in [0.29, 0.717) is 18.3 Å². The van der Waals surface area contributed by atoms with Gasteiger partial charge in [-0.25, -0.2) is 4.79 Å². The molecule has 0 unspecified atom stereocenters. The van der Waals surface area contributed by atoms with Gasteiger partial charge in [-0.05, 0) is 56.2 Å². The van der Waals surface area contributed by atoms with Crippen LogP contribution in [0.1, 0.15) is 63.4 Å². The molecule has 0 aliphatic heterocycles. The quantitative estimate of drug-likeness (QED) is 0.730. The molecule has 2 saturated carbocycles. The molecule has 7 heteroatoms. The summed E-state index contributed by atoms with van der Waals surface area (Å²) < 4.78 is 10.8. The van der Waals surface area contributed by atoms with Gasteiger partial charge in [0.15, 0.2) is 11.5 Å². The molecule has 2 N–H and O–H groups in total. The Bertz CT molecular complexity index is 724. The Morgan fingerprint density at radius 3 is 2.47 bits per heavy atom. The molecule has 0 spiro atoms. The van der Waals surface area contributed by atoms with Crippen LogP contribution in [0.4, 0.5) is 4.79 Å². The lowest BCUT2D eigenvalue weighted by Crippen LogP contribution is -2.41. The molecule has 1 aromatic carbocycles. The number of rotatable bonds is 6. The third kappa shape index (κ3) is 5.80. The van der Waals surface area contributed by atoms with Crippen LogP contribution < -0.4 is 10.1 Å². The van der Waals surface area contributed by atoms with E-state index in [-0.39, 0.29) is 29.8 Å².